The minimum Gasteiger partial charge on any atom is -0.304 e. The number of aryl methyl sites for hydroxylation is 2. The van der Waals surface area contributed by atoms with E-state index in [0.29, 0.717) is 17.5 Å². The number of nitrogens with zero attached hydrogens (tertiary/aromatic N) is 6. The van der Waals surface area contributed by atoms with Crippen LogP contribution in [0.15, 0.2) is 79.3 Å². The van der Waals surface area contributed by atoms with Crippen LogP contribution >= 0.6 is 0 Å². The first-order valence-electron chi connectivity index (χ1n) is 13.3. The summed E-state index contributed by atoms with van der Waals surface area (Å²) in [5.74, 6) is 1.72. The van der Waals surface area contributed by atoms with Crippen molar-refractivity contribution in [2.45, 2.75) is 52.4 Å². The first-order valence-corrected chi connectivity index (χ1v) is 13.3. The van der Waals surface area contributed by atoms with Crippen LogP contribution in [0.1, 0.15) is 50.9 Å². The number of pyridine rings is 3. The maximum absolute atomic E-state index is 4.82. The fourth-order valence-corrected chi connectivity index (χ4v) is 4.13. The molecule has 1 radical (unpaired) electrons. The van der Waals surface area contributed by atoms with Crippen LogP contribution in [0.25, 0.3) is 45.4 Å². The van der Waals surface area contributed by atoms with Crippen LogP contribution in [0.3, 0.4) is 0 Å². The zero-order chi connectivity index (χ0) is 26.2. The van der Waals surface area contributed by atoms with Gasteiger partial charge in [-0.05, 0) is 55.6 Å². The molecule has 0 atom stereocenters. The Morgan fingerprint density at radius 2 is 1.10 bits per heavy atom. The predicted octanol–water partition coefficient (Wildman–Crippen LogP) is 7.21. The van der Waals surface area contributed by atoms with E-state index in [1.54, 1.807) is 6.20 Å². The zero-order valence-corrected chi connectivity index (χ0v) is 24.7. The Morgan fingerprint density at radius 1 is 0.590 bits per heavy atom. The van der Waals surface area contributed by atoms with E-state index in [2.05, 4.69) is 47.0 Å². The number of benzene rings is 1. The minimum atomic E-state index is 0. The van der Waals surface area contributed by atoms with Crippen molar-refractivity contribution in [1.82, 2.24) is 29.9 Å². The maximum atomic E-state index is 4.82. The van der Waals surface area contributed by atoms with Crippen molar-refractivity contribution in [3.63, 3.8) is 0 Å². The Hall–Kier alpha value is -3.67. The molecule has 6 nitrogen and oxygen atoms in total. The molecule has 5 aromatic rings. The molecule has 0 aliphatic rings. The molecule has 4 heterocycles. The molecule has 0 unspecified atom stereocenters. The molecule has 1 aromatic carbocycles. The topological polar surface area (TPSA) is 77.3 Å². The van der Waals surface area contributed by atoms with Crippen LogP contribution in [0.2, 0.25) is 0 Å². The van der Waals surface area contributed by atoms with E-state index in [1.165, 1.54) is 0 Å². The van der Waals surface area contributed by atoms with Crippen molar-refractivity contribution in [2.24, 2.45) is 0 Å². The summed E-state index contributed by atoms with van der Waals surface area (Å²) in [4.78, 5) is 28.4. The van der Waals surface area contributed by atoms with Gasteiger partial charge in [0.1, 0.15) is 0 Å². The summed E-state index contributed by atoms with van der Waals surface area (Å²) < 4.78 is 0. The van der Waals surface area contributed by atoms with Crippen molar-refractivity contribution in [3.8, 4) is 45.4 Å². The number of aromatic nitrogens is 6. The smallest absolute Gasteiger partial charge is 0.165 e. The van der Waals surface area contributed by atoms with E-state index in [9.17, 15) is 0 Å². The molecular weight excluding hydrogens is 661 g/mol. The Morgan fingerprint density at radius 3 is 1.49 bits per heavy atom. The maximum Gasteiger partial charge on any atom is 0.165 e. The number of hydrogen-bond donors (Lipinski definition) is 0. The number of unbranched alkanes of at least 4 members (excludes halogenated alkanes) is 2. The molecule has 7 heteroatoms. The molecule has 5 rings (SSSR count). The molecule has 0 N–H and O–H groups in total. The van der Waals surface area contributed by atoms with Crippen LogP contribution in [-0.2, 0) is 32.9 Å². The summed E-state index contributed by atoms with van der Waals surface area (Å²) >= 11 is 0. The van der Waals surface area contributed by atoms with E-state index < -0.39 is 0 Å². The molecule has 0 saturated heterocycles. The monoisotopic (exact) mass is 692 g/mol. The van der Waals surface area contributed by atoms with Gasteiger partial charge in [0.15, 0.2) is 17.5 Å². The van der Waals surface area contributed by atoms with E-state index >= 15 is 0 Å². The van der Waals surface area contributed by atoms with Gasteiger partial charge in [-0.2, -0.15) is 0 Å². The van der Waals surface area contributed by atoms with Gasteiger partial charge in [-0.25, -0.2) is 15.0 Å². The molecule has 0 bridgehead atoms. The molecule has 39 heavy (non-hydrogen) atoms. The average molecular weight is 692 g/mol. The third-order valence-corrected chi connectivity index (χ3v) is 6.38. The molecule has 199 valence electrons. The van der Waals surface area contributed by atoms with Crippen LogP contribution in [0, 0.1) is 6.07 Å². The molecule has 4 aromatic heterocycles. The standard InChI is InChI=1S/C32H31N6.Ir/c1-3-5-12-27-17-14-24(20-33-27)30-36-31(25-15-18-28(34-21-25)13-6-4-2)38-32(37-30)26-16-19-29(35-22-26)23-10-8-7-9-11-23;/h7-10,14-22H,3-6,12-13H2,1-2H3;/q-1;. The van der Waals surface area contributed by atoms with E-state index in [-0.39, 0.29) is 20.1 Å². The van der Waals surface area contributed by atoms with Gasteiger partial charge < -0.3 is 4.98 Å². The Balaban J connectivity index is 0.00000353. The second-order valence-electron chi connectivity index (χ2n) is 9.30. The summed E-state index contributed by atoms with van der Waals surface area (Å²) in [7, 11) is 0. The molecule has 0 amide bonds. The van der Waals surface area contributed by atoms with Gasteiger partial charge in [0.25, 0.3) is 0 Å². The van der Waals surface area contributed by atoms with Gasteiger partial charge in [-0.3, -0.25) is 9.97 Å². The van der Waals surface area contributed by atoms with Crippen molar-refractivity contribution < 1.29 is 20.1 Å². The van der Waals surface area contributed by atoms with Crippen LogP contribution < -0.4 is 0 Å². The van der Waals surface area contributed by atoms with Crippen LogP contribution in [0.4, 0.5) is 0 Å². The normalized spacial score (nSPS) is 10.7. The largest absolute Gasteiger partial charge is 0.304 e. The van der Waals surface area contributed by atoms with Gasteiger partial charge in [0, 0.05) is 66.8 Å². The van der Waals surface area contributed by atoms with Gasteiger partial charge >= 0.3 is 0 Å². The molecule has 0 saturated carbocycles. The second kappa shape index (κ2) is 13.9. The molecule has 0 aliphatic carbocycles. The van der Waals surface area contributed by atoms with Gasteiger partial charge in [0.2, 0.25) is 0 Å². The van der Waals surface area contributed by atoms with E-state index in [0.717, 1.165) is 77.9 Å². The third kappa shape index (κ3) is 7.25. The number of rotatable bonds is 10. The van der Waals surface area contributed by atoms with Gasteiger partial charge in [-0.15, -0.1) is 35.9 Å². The SMILES string of the molecule is CCCCc1ccc(-c2nc(-c3ccc(CCCC)nc3)nc(-c3ccc(-c4[c-]cccc4)nc3)n2)cn1.[Ir]. The molecular formula is C32H31IrN6-. The first-order chi connectivity index (χ1) is 18.7. The van der Waals surface area contributed by atoms with E-state index in [1.807, 2.05) is 60.9 Å². The molecule has 0 fully saturated rings. The molecule has 0 spiro atoms. The van der Waals surface area contributed by atoms with Crippen LogP contribution in [-0.4, -0.2) is 29.9 Å². The predicted molar refractivity (Wildman–Crippen MR) is 151 cm³/mol. The summed E-state index contributed by atoms with van der Waals surface area (Å²) in [5.41, 5.74) is 6.47. The van der Waals surface area contributed by atoms with Crippen molar-refractivity contribution >= 4 is 0 Å². The van der Waals surface area contributed by atoms with Crippen LogP contribution in [0.5, 0.6) is 0 Å². The fourth-order valence-electron chi connectivity index (χ4n) is 4.13. The molecule has 0 aliphatic heterocycles. The Kier molecular flexibility index (Phi) is 10.1. The minimum absolute atomic E-state index is 0. The summed E-state index contributed by atoms with van der Waals surface area (Å²) in [6.07, 6.45) is 12.0. The van der Waals surface area contributed by atoms with Crippen molar-refractivity contribution in [1.29, 1.82) is 0 Å². The summed E-state index contributed by atoms with van der Waals surface area (Å²) in [6.45, 7) is 4.37. The fraction of sp³-hybridized carbons (Fsp3) is 0.250. The van der Waals surface area contributed by atoms with Crippen molar-refractivity contribution in [2.75, 3.05) is 0 Å². The quantitative estimate of drug-likeness (QED) is 0.144. The van der Waals surface area contributed by atoms with Gasteiger partial charge in [0.05, 0.1) is 0 Å². The first kappa shape index (κ1) is 28.3. The van der Waals surface area contributed by atoms with E-state index in [4.69, 9.17) is 15.0 Å². The zero-order valence-electron chi connectivity index (χ0n) is 22.3. The third-order valence-electron chi connectivity index (χ3n) is 6.38. The Bertz CT molecular complexity index is 1380. The number of hydrogen-bond acceptors (Lipinski definition) is 6. The van der Waals surface area contributed by atoms with Crippen molar-refractivity contribution in [3.05, 3.63) is 96.7 Å². The Labute approximate surface area is 243 Å². The second-order valence-corrected chi connectivity index (χ2v) is 9.30. The van der Waals surface area contributed by atoms with Gasteiger partial charge in [-0.1, -0.05) is 38.8 Å². The summed E-state index contributed by atoms with van der Waals surface area (Å²) in [5, 5.41) is 0. The average Bonchev–Trinajstić information content (AvgIpc) is 3.00. The summed E-state index contributed by atoms with van der Waals surface area (Å²) in [6, 6.07) is 23.2.